The van der Waals surface area contributed by atoms with Gasteiger partial charge in [-0.15, -0.1) is 0 Å². The fraction of sp³-hybridized carbons (Fsp3) is 0.600. The molecule has 3 rings (SSSR count). The maximum Gasteiger partial charge on any atom is 0.243 e. The molecule has 7 nitrogen and oxygen atoms in total. The predicted molar refractivity (Wildman–Crippen MR) is 106 cm³/mol. The molecular weight excluding hydrogens is 378 g/mol. The molecule has 2 unspecified atom stereocenters. The molecule has 154 valence electrons. The summed E-state index contributed by atoms with van der Waals surface area (Å²) >= 11 is 0. The highest BCUT2D eigenvalue weighted by atomic mass is 32.2. The normalized spacial score (nSPS) is 23.8. The molecule has 0 radical (unpaired) electrons. The number of carbonyl (C=O) groups excluding carboxylic acids is 2. The molecule has 2 atom stereocenters. The van der Waals surface area contributed by atoms with E-state index < -0.39 is 16.1 Å². The van der Waals surface area contributed by atoms with Crippen molar-refractivity contribution in [3.63, 3.8) is 0 Å². The number of likely N-dealkylation sites (tertiary alicyclic amines) is 1. The van der Waals surface area contributed by atoms with Crippen molar-refractivity contribution in [1.82, 2.24) is 14.5 Å². The van der Waals surface area contributed by atoms with Crippen LogP contribution in [0.15, 0.2) is 35.2 Å². The van der Waals surface area contributed by atoms with E-state index >= 15 is 0 Å². The summed E-state index contributed by atoms with van der Waals surface area (Å²) in [5, 5.41) is 3.00. The van der Waals surface area contributed by atoms with Gasteiger partial charge < -0.3 is 10.2 Å². The Bertz CT molecular complexity index is 810. The zero-order valence-corrected chi connectivity index (χ0v) is 17.3. The molecule has 0 bridgehead atoms. The van der Waals surface area contributed by atoms with Gasteiger partial charge in [0.25, 0.3) is 0 Å². The van der Waals surface area contributed by atoms with Crippen LogP contribution in [-0.2, 0) is 19.6 Å². The minimum absolute atomic E-state index is 0.0200. The van der Waals surface area contributed by atoms with Crippen molar-refractivity contribution in [1.29, 1.82) is 0 Å². The van der Waals surface area contributed by atoms with Gasteiger partial charge >= 0.3 is 0 Å². The number of hydrogen-bond donors (Lipinski definition) is 1. The third-order valence-corrected chi connectivity index (χ3v) is 7.36. The van der Waals surface area contributed by atoms with Crippen LogP contribution in [0, 0.1) is 5.92 Å². The zero-order chi connectivity index (χ0) is 20.3. The number of sulfonamides is 1. The fourth-order valence-corrected chi connectivity index (χ4v) is 5.55. The van der Waals surface area contributed by atoms with E-state index in [0.717, 1.165) is 12.8 Å². The van der Waals surface area contributed by atoms with Crippen molar-refractivity contribution in [3.05, 3.63) is 30.3 Å². The molecule has 2 aliphatic rings. The van der Waals surface area contributed by atoms with Gasteiger partial charge in [0.2, 0.25) is 21.8 Å². The molecular formula is C20H29N3O4S. The van der Waals surface area contributed by atoms with Gasteiger partial charge in [-0.25, -0.2) is 8.42 Å². The Hall–Kier alpha value is -1.93. The summed E-state index contributed by atoms with van der Waals surface area (Å²) < 4.78 is 27.4. The average molecular weight is 408 g/mol. The van der Waals surface area contributed by atoms with Gasteiger partial charge in [-0.1, -0.05) is 32.0 Å². The molecule has 2 fully saturated rings. The Kier molecular flexibility index (Phi) is 6.40. The van der Waals surface area contributed by atoms with Gasteiger partial charge in [0.1, 0.15) is 6.04 Å². The lowest BCUT2D eigenvalue weighted by molar-refractivity contribution is -0.137. The Morgan fingerprint density at radius 2 is 1.75 bits per heavy atom. The molecule has 0 aliphatic carbocycles. The highest BCUT2D eigenvalue weighted by Gasteiger charge is 2.42. The smallest absolute Gasteiger partial charge is 0.243 e. The van der Waals surface area contributed by atoms with Crippen molar-refractivity contribution in [2.75, 3.05) is 19.6 Å². The van der Waals surface area contributed by atoms with Crippen LogP contribution in [0.5, 0.6) is 0 Å². The van der Waals surface area contributed by atoms with E-state index in [0.29, 0.717) is 32.5 Å². The van der Waals surface area contributed by atoms with Gasteiger partial charge in [0, 0.05) is 31.6 Å². The van der Waals surface area contributed by atoms with Crippen LogP contribution in [0.2, 0.25) is 0 Å². The minimum Gasteiger partial charge on any atom is -0.351 e. The van der Waals surface area contributed by atoms with Crippen molar-refractivity contribution in [3.8, 4) is 0 Å². The first-order chi connectivity index (χ1) is 13.3. The molecule has 2 amide bonds. The van der Waals surface area contributed by atoms with E-state index in [1.54, 1.807) is 35.2 Å². The summed E-state index contributed by atoms with van der Waals surface area (Å²) in [4.78, 5) is 27.1. The number of amides is 2. The lowest BCUT2D eigenvalue weighted by Gasteiger charge is -2.36. The van der Waals surface area contributed by atoms with Crippen molar-refractivity contribution >= 4 is 21.8 Å². The van der Waals surface area contributed by atoms with Crippen molar-refractivity contribution < 1.29 is 18.0 Å². The average Bonchev–Trinajstić information content (AvgIpc) is 3.19. The first kappa shape index (κ1) is 20.8. The lowest BCUT2D eigenvalue weighted by Crippen LogP contribution is -2.54. The first-order valence-electron chi connectivity index (χ1n) is 9.96. The summed E-state index contributed by atoms with van der Waals surface area (Å²) in [6, 6.07) is 7.53. The summed E-state index contributed by atoms with van der Waals surface area (Å²) in [6.45, 7) is 5.07. The molecule has 2 saturated heterocycles. The number of rotatable bonds is 5. The van der Waals surface area contributed by atoms with Gasteiger partial charge in [-0.3, -0.25) is 9.59 Å². The molecule has 28 heavy (non-hydrogen) atoms. The van der Waals surface area contributed by atoms with Crippen molar-refractivity contribution in [2.45, 2.75) is 56.5 Å². The van der Waals surface area contributed by atoms with Gasteiger partial charge in [0.15, 0.2) is 0 Å². The predicted octanol–water partition coefficient (Wildman–Crippen LogP) is 1.60. The highest BCUT2D eigenvalue weighted by molar-refractivity contribution is 7.89. The van der Waals surface area contributed by atoms with Crippen molar-refractivity contribution in [2.24, 2.45) is 5.92 Å². The standard InChI is InChI=1S/C20H29N3O4S/c1-15(2)19(24)21-16-8-6-12-22(14-16)20(25)18-11-7-13-23(18)28(26,27)17-9-4-3-5-10-17/h3-5,9-10,15-16,18H,6-8,11-14H2,1-2H3,(H,21,24). The molecule has 1 N–H and O–H groups in total. The number of nitrogens with zero attached hydrogens (tertiary/aromatic N) is 2. The number of benzene rings is 1. The largest absolute Gasteiger partial charge is 0.351 e. The molecule has 1 aromatic rings. The molecule has 1 aromatic carbocycles. The van der Waals surface area contributed by atoms with E-state index in [9.17, 15) is 18.0 Å². The number of hydrogen-bond acceptors (Lipinski definition) is 4. The lowest BCUT2D eigenvalue weighted by atomic mass is 10.0. The van der Waals surface area contributed by atoms with Crippen LogP contribution in [0.1, 0.15) is 39.5 Å². The molecule has 0 aromatic heterocycles. The number of piperidine rings is 1. The van der Waals surface area contributed by atoms with E-state index in [1.165, 1.54) is 4.31 Å². The minimum atomic E-state index is -3.70. The van der Waals surface area contributed by atoms with E-state index in [4.69, 9.17) is 0 Å². The van der Waals surface area contributed by atoms with Crippen LogP contribution in [0.4, 0.5) is 0 Å². The second kappa shape index (κ2) is 8.61. The second-order valence-electron chi connectivity index (χ2n) is 7.87. The van der Waals surface area contributed by atoms with Crippen LogP contribution in [-0.4, -0.2) is 61.2 Å². The molecule has 2 aliphatic heterocycles. The second-order valence-corrected chi connectivity index (χ2v) is 9.76. The Morgan fingerprint density at radius 1 is 1.07 bits per heavy atom. The van der Waals surface area contributed by atoms with E-state index in [2.05, 4.69) is 5.32 Å². The monoisotopic (exact) mass is 407 g/mol. The third kappa shape index (κ3) is 4.38. The maximum absolute atomic E-state index is 13.2. The first-order valence-corrected chi connectivity index (χ1v) is 11.4. The molecule has 0 spiro atoms. The summed E-state index contributed by atoms with van der Waals surface area (Å²) in [7, 11) is -3.70. The van der Waals surface area contributed by atoms with Gasteiger partial charge in [0.05, 0.1) is 4.90 Å². The van der Waals surface area contributed by atoms with E-state index in [-0.39, 0.29) is 28.7 Å². The topological polar surface area (TPSA) is 86.8 Å². The zero-order valence-electron chi connectivity index (χ0n) is 16.5. The van der Waals surface area contributed by atoms with Crippen LogP contribution >= 0.6 is 0 Å². The SMILES string of the molecule is CC(C)C(=O)NC1CCCN(C(=O)C2CCCN2S(=O)(=O)c2ccccc2)C1. The molecule has 8 heteroatoms. The Balaban J connectivity index is 1.71. The van der Waals surface area contributed by atoms with E-state index in [1.807, 2.05) is 13.8 Å². The number of nitrogens with one attached hydrogen (secondary N) is 1. The highest BCUT2D eigenvalue weighted by Crippen LogP contribution is 2.28. The Morgan fingerprint density at radius 3 is 2.43 bits per heavy atom. The summed E-state index contributed by atoms with van der Waals surface area (Å²) in [5.41, 5.74) is 0. The number of carbonyl (C=O) groups is 2. The maximum atomic E-state index is 13.2. The van der Waals surface area contributed by atoms with Crippen LogP contribution in [0.3, 0.4) is 0 Å². The fourth-order valence-electron chi connectivity index (χ4n) is 3.88. The van der Waals surface area contributed by atoms with Crippen LogP contribution in [0.25, 0.3) is 0 Å². The van der Waals surface area contributed by atoms with Gasteiger partial charge in [-0.2, -0.15) is 4.31 Å². The summed E-state index contributed by atoms with van der Waals surface area (Å²) in [6.07, 6.45) is 2.83. The summed E-state index contributed by atoms with van der Waals surface area (Å²) in [5.74, 6) is -0.277. The quantitative estimate of drug-likeness (QED) is 0.803. The molecule has 2 heterocycles. The Labute approximate surface area is 167 Å². The third-order valence-electron chi connectivity index (χ3n) is 5.44. The van der Waals surface area contributed by atoms with Gasteiger partial charge in [-0.05, 0) is 37.8 Å². The van der Waals surface area contributed by atoms with Crippen LogP contribution < -0.4 is 5.32 Å². The molecule has 0 saturated carbocycles.